The molecule has 0 radical (unpaired) electrons. The normalized spacial score (nSPS) is 37.8. The Balaban J connectivity index is 1.47. The van der Waals surface area contributed by atoms with Crippen molar-refractivity contribution in [1.82, 2.24) is 4.90 Å². The summed E-state index contributed by atoms with van der Waals surface area (Å²) < 4.78 is 26.3. The van der Waals surface area contributed by atoms with Gasteiger partial charge in [-0.15, -0.1) is 11.6 Å². The fraction of sp³-hybridized carbons (Fsp3) is 0.588. The first-order valence-electron chi connectivity index (χ1n) is 7.93. The van der Waals surface area contributed by atoms with Gasteiger partial charge in [0.1, 0.15) is 18.3 Å². The predicted octanol–water partition coefficient (Wildman–Crippen LogP) is 2.25. The van der Waals surface area contributed by atoms with Crippen molar-refractivity contribution in [3.8, 4) is 0 Å². The molecule has 124 valence electrons. The van der Waals surface area contributed by atoms with Crippen LogP contribution in [0, 0.1) is 0 Å². The first-order valence-corrected chi connectivity index (χ1v) is 8.47. The summed E-state index contributed by atoms with van der Waals surface area (Å²) >= 11 is 5.77. The summed E-state index contributed by atoms with van der Waals surface area (Å²) in [6, 6.07) is 8.78. The molecule has 0 aliphatic carbocycles. The fourth-order valence-electron chi connectivity index (χ4n) is 3.99. The molecule has 2 unspecified atom stereocenters. The van der Waals surface area contributed by atoms with Crippen molar-refractivity contribution >= 4 is 17.6 Å². The Bertz CT molecular complexity index is 597. The molecule has 3 fully saturated rings. The lowest BCUT2D eigenvalue weighted by atomic mass is 9.96. The third kappa shape index (κ3) is 2.37. The monoisotopic (exact) mass is 339 g/mol. The van der Waals surface area contributed by atoms with E-state index in [4.69, 9.17) is 21.1 Å². The molecular weight excluding hydrogens is 321 g/mol. The molecule has 0 N–H and O–H groups in total. The highest BCUT2D eigenvalue weighted by atomic mass is 35.5. The number of benzene rings is 1. The van der Waals surface area contributed by atoms with Gasteiger partial charge in [-0.3, -0.25) is 4.90 Å². The van der Waals surface area contributed by atoms with E-state index >= 15 is 4.39 Å². The average molecular weight is 340 g/mol. The molecule has 23 heavy (non-hydrogen) atoms. The Kier molecular flexibility index (Phi) is 3.63. The topological polar surface area (TPSA) is 42.1 Å². The number of nitrogens with zero attached hydrogens (tertiary/aromatic N) is 1. The van der Waals surface area contributed by atoms with Crippen LogP contribution in [0.25, 0.3) is 0 Å². The second-order valence-electron chi connectivity index (χ2n) is 6.67. The summed E-state index contributed by atoms with van der Waals surface area (Å²) in [5.74, 6) is -1.34. The molecule has 3 aliphatic rings. The minimum Gasteiger partial charge on any atom is -0.460 e. The predicted molar refractivity (Wildman–Crippen MR) is 83.1 cm³/mol. The molecule has 6 atom stereocenters. The number of piperidine rings is 1. The Morgan fingerprint density at radius 2 is 1.96 bits per heavy atom. The number of hydrogen-bond donors (Lipinski definition) is 0. The number of epoxide rings is 1. The molecule has 0 amide bonds. The van der Waals surface area contributed by atoms with Crippen LogP contribution in [0.5, 0.6) is 0 Å². The standard InChI is InChI=1S/C17H19ClFNO3/c1-20-12-7-11(8-13(20)15-14(12)23-15)22-16(21)17(19,9-18)10-5-3-2-4-6-10/h2-6,11-15H,7-9H2,1H3/t11?,12-,13+,14-,15+,17?. The first-order chi connectivity index (χ1) is 11.0. The van der Waals surface area contributed by atoms with Crippen LogP contribution < -0.4 is 0 Å². The Hall–Kier alpha value is -1.17. The van der Waals surface area contributed by atoms with Crippen LogP contribution in [0.3, 0.4) is 0 Å². The van der Waals surface area contributed by atoms with Crippen molar-refractivity contribution in [2.24, 2.45) is 0 Å². The third-order valence-corrected chi connectivity index (χ3v) is 5.76. The smallest absolute Gasteiger partial charge is 0.350 e. The van der Waals surface area contributed by atoms with E-state index in [0.29, 0.717) is 12.8 Å². The number of esters is 1. The first kappa shape index (κ1) is 15.4. The molecule has 0 aromatic heterocycles. The van der Waals surface area contributed by atoms with Gasteiger partial charge in [0.05, 0.1) is 5.88 Å². The van der Waals surface area contributed by atoms with Crippen molar-refractivity contribution in [3.63, 3.8) is 0 Å². The van der Waals surface area contributed by atoms with Gasteiger partial charge in [-0.25, -0.2) is 9.18 Å². The highest BCUT2D eigenvalue weighted by Gasteiger charge is 2.63. The minimum absolute atomic E-state index is 0.238. The zero-order chi connectivity index (χ0) is 16.2. The summed E-state index contributed by atoms with van der Waals surface area (Å²) in [4.78, 5) is 14.7. The molecule has 6 heteroatoms. The summed E-state index contributed by atoms with van der Waals surface area (Å²) in [6.45, 7) is 0. The molecule has 0 saturated carbocycles. The van der Waals surface area contributed by atoms with E-state index < -0.39 is 17.5 Å². The van der Waals surface area contributed by atoms with Gasteiger partial charge in [0.25, 0.3) is 0 Å². The lowest BCUT2D eigenvalue weighted by Gasteiger charge is -2.38. The van der Waals surface area contributed by atoms with Gasteiger partial charge >= 0.3 is 5.97 Å². The third-order valence-electron chi connectivity index (χ3n) is 5.39. The second kappa shape index (κ2) is 5.43. The van der Waals surface area contributed by atoms with E-state index in [1.54, 1.807) is 30.3 Å². The largest absolute Gasteiger partial charge is 0.460 e. The minimum atomic E-state index is -2.30. The summed E-state index contributed by atoms with van der Waals surface area (Å²) in [6.07, 6.45) is 1.62. The molecule has 1 aromatic rings. The van der Waals surface area contributed by atoms with Gasteiger partial charge in [-0.1, -0.05) is 30.3 Å². The van der Waals surface area contributed by atoms with Crippen molar-refractivity contribution in [1.29, 1.82) is 0 Å². The molecule has 3 heterocycles. The van der Waals surface area contributed by atoms with Crippen LogP contribution in [-0.2, 0) is 19.9 Å². The SMILES string of the molecule is CN1[C@@H]2CC(OC(=O)C(F)(CCl)c3ccccc3)C[C@H]1[C@@H]1O[C@@H]12. The highest BCUT2D eigenvalue weighted by molar-refractivity contribution is 6.20. The number of rotatable bonds is 4. The number of carbonyl (C=O) groups is 1. The van der Waals surface area contributed by atoms with E-state index in [9.17, 15) is 4.79 Å². The van der Waals surface area contributed by atoms with Crippen molar-refractivity contribution < 1.29 is 18.7 Å². The number of morpholine rings is 1. The lowest BCUT2D eigenvalue weighted by molar-refractivity contribution is -0.167. The number of hydrogen-bond acceptors (Lipinski definition) is 4. The van der Waals surface area contributed by atoms with Crippen LogP contribution in [0.1, 0.15) is 18.4 Å². The van der Waals surface area contributed by atoms with E-state index in [2.05, 4.69) is 11.9 Å². The van der Waals surface area contributed by atoms with Gasteiger partial charge in [0.2, 0.25) is 5.67 Å². The van der Waals surface area contributed by atoms with Crippen LogP contribution in [-0.4, -0.2) is 54.2 Å². The number of ether oxygens (including phenoxy) is 2. The maximum atomic E-state index is 15.1. The summed E-state index contributed by atoms with van der Waals surface area (Å²) in [5, 5.41) is 0. The van der Waals surface area contributed by atoms with Gasteiger partial charge in [-0.2, -0.15) is 0 Å². The quantitative estimate of drug-likeness (QED) is 0.479. The fourth-order valence-corrected chi connectivity index (χ4v) is 4.26. The zero-order valence-corrected chi connectivity index (χ0v) is 13.6. The van der Waals surface area contributed by atoms with Crippen molar-refractivity contribution in [3.05, 3.63) is 35.9 Å². The van der Waals surface area contributed by atoms with Crippen LogP contribution in [0.15, 0.2) is 30.3 Å². The molecule has 0 spiro atoms. The number of carbonyl (C=O) groups excluding carboxylic acids is 1. The molecule has 2 bridgehead atoms. The average Bonchev–Trinajstić information content (AvgIpc) is 3.33. The van der Waals surface area contributed by atoms with Gasteiger partial charge < -0.3 is 9.47 Å². The van der Waals surface area contributed by atoms with Crippen molar-refractivity contribution in [2.75, 3.05) is 12.9 Å². The van der Waals surface area contributed by atoms with Crippen LogP contribution in [0.2, 0.25) is 0 Å². The number of likely N-dealkylation sites (N-methyl/N-ethyl adjacent to an activating group) is 1. The molecular formula is C17H19ClFNO3. The molecule has 1 aromatic carbocycles. The second-order valence-corrected chi connectivity index (χ2v) is 6.93. The Morgan fingerprint density at radius 3 is 2.52 bits per heavy atom. The van der Waals surface area contributed by atoms with Gasteiger partial charge in [-0.05, 0) is 7.05 Å². The van der Waals surface area contributed by atoms with E-state index in [-0.39, 0.29) is 36.0 Å². The van der Waals surface area contributed by atoms with Gasteiger partial charge in [0, 0.05) is 30.5 Å². The molecule has 3 aliphatic heterocycles. The zero-order valence-electron chi connectivity index (χ0n) is 12.8. The van der Waals surface area contributed by atoms with Gasteiger partial charge in [0.15, 0.2) is 0 Å². The Morgan fingerprint density at radius 1 is 1.35 bits per heavy atom. The lowest BCUT2D eigenvalue weighted by Crippen LogP contribution is -2.49. The number of fused-ring (bicyclic) bond motifs is 5. The maximum Gasteiger partial charge on any atom is 0.350 e. The summed E-state index contributed by atoms with van der Waals surface area (Å²) in [5.41, 5.74) is -2.06. The maximum absolute atomic E-state index is 15.1. The number of halogens is 2. The molecule has 4 rings (SSSR count). The highest BCUT2D eigenvalue weighted by Crippen LogP contribution is 2.48. The summed E-state index contributed by atoms with van der Waals surface area (Å²) in [7, 11) is 2.07. The molecule has 3 saturated heterocycles. The van der Waals surface area contributed by atoms with E-state index in [0.717, 1.165) is 0 Å². The van der Waals surface area contributed by atoms with Crippen LogP contribution in [0.4, 0.5) is 4.39 Å². The Labute approximate surface area is 139 Å². The number of alkyl halides is 2. The molecule has 4 nitrogen and oxygen atoms in total. The van der Waals surface area contributed by atoms with E-state index in [1.807, 2.05) is 0 Å². The van der Waals surface area contributed by atoms with Crippen LogP contribution >= 0.6 is 11.6 Å². The van der Waals surface area contributed by atoms with E-state index in [1.165, 1.54) is 0 Å². The van der Waals surface area contributed by atoms with Crippen molar-refractivity contribution in [2.45, 2.75) is 48.9 Å².